The first-order valence-electron chi connectivity index (χ1n) is 6.05. The van der Waals surface area contributed by atoms with Gasteiger partial charge >= 0.3 is 0 Å². The molecule has 0 aromatic heterocycles. The Morgan fingerprint density at radius 2 is 2.20 bits per heavy atom. The first kappa shape index (κ1) is 14.7. The van der Waals surface area contributed by atoms with E-state index in [1.807, 2.05) is 0 Å². The van der Waals surface area contributed by atoms with Crippen LogP contribution in [0.25, 0.3) is 0 Å². The smallest absolute Gasteiger partial charge is 0.273 e. The predicted octanol–water partition coefficient (Wildman–Crippen LogP) is -0.197. The van der Waals surface area contributed by atoms with E-state index >= 15 is 0 Å². The van der Waals surface area contributed by atoms with E-state index in [2.05, 4.69) is 0 Å². The van der Waals surface area contributed by atoms with E-state index in [9.17, 15) is 20.3 Å². The summed E-state index contributed by atoms with van der Waals surface area (Å²) in [6.45, 7) is -0.465. The second kappa shape index (κ2) is 6.14. The summed E-state index contributed by atoms with van der Waals surface area (Å²) in [5, 5.41) is 38.9. The summed E-state index contributed by atoms with van der Waals surface area (Å²) >= 11 is 0. The number of benzene rings is 1. The third-order valence-corrected chi connectivity index (χ3v) is 3.01. The van der Waals surface area contributed by atoms with Gasteiger partial charge in [0.25, 0.3) is 5.69 Å². The normalized spacial score (nSPS) is 29.9. The second-order valence-corrected chi connectivity index (χ2v) is 4.45. The van der Waals surface area contributed by atoms with E-state index in [0.29, 0.717) is 0 Å². The number of ether oxygens (including phenoxy) is 2. The van der Waals surface area contributed by atoms with E-state index in [1.165, 1.54) is 24.3 Å². The summed E-state index contributed by atoms with van der Waals surface area (Å²) in [5.41, 5.74) is -0.127. The fourth-order valence-corrected chi connectivity index (χ4v) is 1.96. The van der Waals surface area contributed by atoms with Crippen LogP contribution < -0.4 is 4.74 Å². The van der Waals surface area contributed by atoms with Crippen LogP contribution in [0.4, 0.5) is 5.69 Å². The topological polar surface area (TPSA) is 122 Å². The lowest BCUT2D eigenvalue weighted by molar-refractivity contribution is -0.385. The number of non-ortho nitro benzene ring substituents is 1. The van der Waals surface area contributed by atoms with Crippen molar-refractivity contribution in [2.45, 2.75) is 31.0 Å². The third-order valence-electron chi connectivity index (χ3n) is 3.01. The fraction of sp³-hybridized carbons (Fsp3) is 0.500. The number of nitro benzene ring substituents is 1. The quantitative estimate of drug-likeness (QED) is 0.517. The van der Waals surface area contributed by atoms with Crippen molar-refractivity contribution in [1.82, 2.24) is 0 Å². The zero-order valence-corrected chi connectivity index (χ0v) is 10.5. The molecule has 20 heavy (non-hydrogen) atoms. The Morgan fingerprint density at radius 3 is 2.85 bits per heavy atom. The number of aliphatic hydroxyl groups is 3. The summed E-state index contributed by atoms with van der Waals surface area (Å²) in [6.07, 6.45) is -4.13. The van der Waals surface area contributed by atoms with Crippen LogP contribution in [0, 0.1) is 10.1 Å². The zero-order valence-electron chi connectivity index (χ0n) is 10.5. The monoisotopic (exact) mass is 285 g/mol. The van der Waals surface area contributed by atoms with Crippen molar-refractivity contribution >= 4 is 5.69 Å². The van der Waals surface area contributed by atoms with Gasteiger partial charge in [-0.2, -0.15) is 0 Å². The molecule has 110 valence electrons. The van der Waals surface area contributed by atoms with Gasteiger partial charge in [-0.15, -0.1) is 0 Å². The Bertz CT molecular complexity index is 481. The highest BCUT2D eigenvalue weighted by Crippen LogP contribution is 2.25. The van der Waals surface area contributed by atoms with Gasteiger partial charge in [0.1, 0.15) is 18.0 Å². The van der Waals surface area contributed by atoms with Crippen molar-refractivity contribution in [3.63, 3.8) is 0 Å². The third kappa shape index (κ3) is 3.23. The van der Waals surface area contributed by atoms with Crippen molar-refractivity contribution < 1.29 is 29.7 Å². The lowest BCUT2D eigenvalue weighted by Gasteiger charge is -2.36. The van der Waals surface area contributed by atoms with Crippen molar-refractivity contribution in [2.75, 3.05) is 6.61 Å². The first-order valence-corrected chi connectivity index (χ1v) is 6.05. The van der Waals surface area contributed by atoms with E-state index in [1.54, 1.807) is 0 Å². The SMILES string of the molecule is O=[N+]([O-])c1cccc(O[C@H]2C[C@@H](O)[C@@H](O)C(CO)O2)c1. The van der Waals surface area contributed by atoms with Crippen LogP contribution in [0.5, 0.6) is 5.75 Å². The molecule has 0 radical (unpaired) electrons. The van der Waals surface area contributed by atoms with Crippen molar-refractivity contribution in [1.29, 1.82) is 0 Å². The molecule has 0 aliphatic carbocycles. The van der Waals surface area contributed by atoms with Crippen LogP contribution >= 0.6 is 0 Å². The van der Waals surface area contributed by atoms with Gasteiger partial charge in [-0.25, -0.2) is 0 Å². The number of rotatable bonds is 4. The van der Waals surface area contributed by atoms with Gasteiger partial charge in [-0.1, -0.05) is 6.07 Å². The summed E-state index contributed by atoms with van der Waals surface area (Å²) in [4.78, 5) is 10.1. The lowest BCUT2D eigenvalue weighted by atomic mass is 10.0. The van der Waals surface area contributed by atoms with Gasteiger partial charge in [0.05, 0.1) is 23.7 Å². The first-order chi connectivity index (χ1) is 9.51. The molecule has 8 nitrogen and oxygen atoms in total. The van der Waals surface area contributed by atoms with E-state index in [4.69, 9.17) is 14.6 Å². The Kier molecular flexibility index (Phi) is 4.50. The molecule has 1 saturated heterocycles. The lowest BCUT2D eigenvalue weighted by Crippen LogP contribution is -2.51. The average molecular weight is 285 g/mol. The largest absolute Gasteiger partial charge is 0.465 e. The fourth-order valence-electron chi connectivity index (χ4n) is 1.96. The molecule has 1 aromatic carbocycles. The highest BCUT2D eigenvalue weighted by atomic mass is 16.7. The molecule has 0 spiro atoms. The van der Waals surface area contributed by atoms with E-state index in [0.717, 1.165) is 0 Å². The van der Waals surface area contributed by atoms with Crippen LogP contribution in [0.3, 0.4) is 0 Å². The van der Waals surface area contributed by atoms with Crippen molar-refractivity contribution in [3.8, 4) is 5.75 Å². The maximum atomic E-state index is 10.7. The Balaban J connectivity index is 2.06. The molecule has 0 saturated carbocycles. The number of hydrogen-bond donors (Lipinski definition) is 3. The molecule has 1 fully saturated rings. The summed E-state index contributed by atoms with van der Waals surface area (Å²) in [6, 6.07) is 5.53. The second-order valence-electron chi connectivity index (χ2n) is 4.45. The minimum Gasteiger partial charge on any atom is -0.465 e. The minimum atomic E-state index is -1.19. The summed E-state index contributed by atoms with van der Waals surface area (Å²) in [5.74, 6) is 0.212. The van der Waals surface area contributed by atoms with E-state index < -0.39 is 36.1 Å². The van der Waals surface area contributed by atoms with Crippen LogP contribution in [-0.4, -0.2) is 51.5 Å². The minimum absolute atomic E-state index is 0.000356. The van der Waals surface area contributed by atoms with Crippen LogP contribution in [-0.2, 0) is 4.74 Å². The highest BCUT2D eigenvalue weighted by molar-refractivity contribution is 5.38. The van der Waals surface area contributed by atoms with Crippen molar-refractivity contribution in [3.05, 3.63) is 34.4 Å². The van der Waals surface area contributed by atoms with Gasteiger partial charge in [0, 0.05) is 12.5 Å². The zero-order chi connectivity index (χ0) is 14.7. The Morgan fingerprint density at radius 1 is 1.45 bits per heavy atom. The van der Waals surface area contributed by atoms with Crippen LogP contribution in [0.15, 0.2) is 24.3 Å². The molecule has 2 rings (SSSR count). The van der Waals surface area contributed by atoms with Gasteiger partial charge < -0.3 is 24.8 Å². The van der Waals surface area contributed by atoms with Crippen molar-refractivity contribution in [2.24, 2.45) is 0 Å². The van der Waals surface area contributed by atoms with Gasteiger partial charge in [-0.3, -0.25) is 10.1 Å². The van der Waals surface area contributed by atoms with Crippen LogP contribution in [0.2, 0.25) is 0 Å². The van der Waals surface area contributed by atoms with Gasteiger partial charge in [0.15, 0.2) is 0 Å². The molecule has 8 heteroatoms. The number of nitrogens with zero attached hydrogens (tertiary/aromatic N) is 1. The maximum absolute atomic E-state index is 10.7. The summed E-state index contributed by atoms with van der Waals surface area (Å²) < 4.78 is 10.7. The van der Waals surface area contributed by atoms with Crippen LogP contribution in [0.1, 0.15) is 6.42 Å². The molecule has 0 bridgehead atoms. The number of nitro groups is 1. The molecule has 1 heterocycles. The van der Waals surface area contributed by atoms with Gasteiger partial charge in [-0.05, 0) is 6.07 Å². The molecule has 1 aliphatic rings. The molecular formula is C12H15NO7. The Labute approximate surface area is 114 Å². The molecule has 0 amide bonds. The summed E-state index contributed by atoms with van der Waals surface area (Å²) in [7, 11) is 0. The Hall–Kier alpha value is -1.74. The molecule has 1 aliphatic heterocycles. The number of hydrogen-bond acceptors (Lipinski definition) is 7. The highest BCUT2D eigenvalue weighted by Gasteiger charge is 2.37. The molecule has 1 aromatic rings. The van der Waals surface area contributed by atoms with E-state index in [-0.39, 0.29) is 17.9 Å². The maximum Gasteiger partial charge on any atom is 0.273 e. The average Bonchev–Trinajstić information content (AvgIpc) is 2.43. The molecular weight excluding hydrogens is 270 g/mol. The van der Waals surface area contributed by atoms with Gasteiger partial charge in [0.2, 0.25) is 6.29 Å². The predicted molar refractivity (Wildman–Crippen MR) is 66.1 cm³/mol. The molecule has 1 unspecified atom stereocenters. The molecule has 4 atom stereocenters. The molecule has 3 N–H and O–H groups in total. The number of aliphatic hydroxyl groups excluding tert-OH is 3. The standard InChI is InChI=1S/C12H15NO7/c14-6-10-12(16)9(15)5-11(20-10)19-8-3-1-2-7(4-8)13(17)18/h1-4,9-12,14-16H,5-6H2/t9-,10?,11-,12-/m1/s1.